The molecule has 3 amide bonds. The number of H-pyrrole nitrogens is 1. The van der Waals surface area contributed by atoms with Crippen LogP contribution in [0.1, 0.15) is 29.8 Å². The summed E-state index contributed by atoms with van der Waals surface area (Å²) in [5.41, 5.74) is 1.16. The van der Waals surface area contributed by atoms with Crippen molar-refractivity contribution >= 4 is 34.8 Å². The lowest BCUT2D eigenvalue weighted by Gasteiger charge is -2.25. The Hall–Kier alpha value is -3.40. The number of hydrogen-bond donors (Lipinski definition) is 3. The van der Waals surface area contributed by atoms with Crippen molar-refractivity contribution in [3.63, 3.8) is 0 Å². The Balaban J connectivity index is 1.53. The van der Waals surface area contributed by atoms with Crippen LogP contribution in [0, 0.1) is 5.92 Å². The molecule has 4 atom stereocenters. The zero-order chi connectivity index (χ0) is 24.2. The van der Waals surface area contributed by atoms with E-state index in [1.165, 1.54) is 0 Å². The van der Waals surface area contributed by atoms with Gasteiger partial charge < -0.3 is 30.0 Å². The van der Waals surface area contributed by atoms with Gasteiger partial charge in [-0.25, -0.2) is 0 Å². The molecular formula is C24H31N5O5. The monoisotopic (exact) mass is 469 g/mol. The third-order valence-electron chi connectivity index (χ3n) is 6.59. The average Bonchev–Trinajstić information content (AvgIpc) is 3.56. The Morgan fingerprint density at radius 2 is 2.18 bits per heavy atom. The Kier molecular flexibility index (Phi) is 7.16. The second kappa shape index (κ2) is 10.3. The van der Waals surface area contributed by atoms with Gasteiger partial charge in [-0.3, -0.25) is 19.4 Å². The molecule has 0 aliphatic carbocycles. The molecule has 0 bridgehead atoms. The SMILES string of the molecule is C/N=C\C(CC1CCNC1=O)NC(=O)C1CC(OC)CN1C(=O)c1cc2c(OC)cccc2[nH]1. The molecule has 10 heteroatoms. The van der Waals surface area contributed by atoms with Crippen molar-refractivity contribution in [2.75, 3.05) is 34.4 Å². The van der Waals surface area contributed by atoms with E-state index in [1.54, 1.807) is 38.4 Å². The normalized spacial score (nSPS) is 23.4. The zero-order valence-corrected chi connectivity index (χ0v) is 19.7. The van der Waals surface area contributed by atoms with E-state index in [-0.39, 0.29) is 29.7 Å². The minimum atomic E-state index is -0.698. The number of hydrogen-bond acceptors (Lipinski definition) is 6. The standard InChI is InChI=1S/C24H31N5O5/c1-25-12-15(9-14-7-8-26-22(14)30)27-23(31)20-10-16(33-2)13-29(20)24(32)19-11-17-18(28-19)5-4-6-21(17)34-3/h4-6,11-12,14-16,20,28H,7-10,13H2,1-3H3,(H,26,30)(H,27,31)/b25-12-. The number of ether oxygens (including phenoxy) is 2. The second-order valence-electron chi connectivity index (χ2n) is 8.71. The molecule has 182 valence electrons. The fourth-order valence-electron chi connectivity index (χ4n) is 4.81. The fraction of sp³-hybridized carbons (Fsp3) is 0.500. The summed E-state index contributed by atoms with van der Waals surface area (Å²) in [6, 6.07) is 6.19. The van der Waals surface area contributed by atoms with Crippen molar-refractivity contribution in [1.82, 2.24) is 20.5 Å². The van der Waals surface area contributed by atoms with Gasteiger partial charge in [0.05, 0.1) is 19.3 Å². The third kappa shape index (κ3) is 4.77. The number of methoxy groups -OCH3 is 2. The first-order chi connectivity index (χ1) is 16.4. The number of amides is 3. The van der Waals surface area contributed by atoms with Crippen LogP contribution in [0.3, 0.4) is 0 Å². The van der Waals surface area contributed by atoms with E-state index in [1.807, 2.05) is 18.2 Å². The quantitative estimate of drug-likeness (QED) is 0.500. The highest BCUT2D eigenvalue weighted by Gasteiger charge is 2.41. The van der Waals surface area contributed by atoms with Gasteiger partial charge in [-0.1, -0.05) is 6.07 Å². The lowest BCUT2D eigenvalue weighted by Crippen LogP contribution is -2.50. The summed E-state index contributed by atoms with van der Waals surface area (Å²) in [7, 11) is 4.79. The van der Waals surface area contributed by atoms with E-state index in [0.717, 1.165) is 17.3 Å². The molecule has 4 unspecified atom stereocenters. The first-order valence-electron chi connectivity index (χ1n) is 11.4. The maximum Gasteiger partial charge on any atom is 0.271 e. The van der Waals surface area contributed by atoms with Crippen LogP contribution in [-0.2, 0) is 14.3 Å². The maximum absolute atomic E-state index is 13.5. The molecule has 3 N–H and O–H groups in total. The summed E-state index contributed by atoms with van der Waals surface area (Å²) in [4.78, 5) is 47.5. The largest absolute Gasteiger partial charge is 0.496 e. The number of nitrogens with one attached hydrogen (secondary N) is 3. The van der Waals surface area contributed by atoms with Crippen LogP contribution in [0.15, 0.2) is 29.3 Å². The van der Waals surface area contributed by atoms with Gasteiger partial charge in [0.2, 0.25) is 11.8 Å². The van der Waals surface area contributed by atoms with Crippen LogP contribution in [0.5, 0.6) is 5.75 Å². The highest BCUT2D eigenvalue weighted by atomic mass is 16.5. The highest BCUT2D eigenvalue weighted by Crippen LogP contribution is 2.29. The lowest BCUT2D eigenvalue weighted by atomic mass is 9.98. The lowest BCUT2D eigenvalue weighted by molar-refractivity contribution is -0.126. The Bertz CT molecular complexity index is 1100. The first-order valence-corrected chi connectivity index (χ1v) is 11.4. The van der Waals surface area contributed by atoms with Gasteiger partial charge in [0, 0.05) is 56.7 Å². The van der Waals surface area contributed by atoms with E-state index in [0.29, 0.717) is 37.4 Å². The van der Waals surface area contributed by atoms with Gasteiger partial charge in [-0.2, -0.15) is 0 Å². The van der Waals surface area contributed by atoms with Gasteiger partial charge in [0.25, 0.3) is 5.91 Å². The molecule has 4 rings (SSSR count). The summed E-state index contributed by atoms with van der Waals surface area (Å²) < 4.78 is 10.9. The van der Waals surface area contributed by atoms with E-state index in [4.69, 9.17) is 9.47 Å². The van der Waals surface area contributed by atoms with E-state index in [9.17, 15) is 14.4 Å². The average molecular weight is 470 g/mol. The number of aromatic amines is 1. The summed E-state index contributed by atoms with van der Waals surface area (Å²) in [6.45, 7) is 0.945. The highest BCUT2D eigenvalue weighted by molar-refractivity contribution is 6.02. The fourth-order valence-corrected chi connectivity index (χ4v) is 4.81. The second-order valence-corrected chi connectivity index (χ2v) is 8.71. The molecule has 0 saturated carbocycles. The van der Waals surface area contributed by atoms with Gasteiger partial charge in [0.15, 0.2) is 0 Å². The van der Waals surface area contributed by atoms with Crippen LogP contribution >= 0.6 is 0 Å². The van der Waals surface area contributed by atoms with Crippen LogP contribution in [0.2, 0.25) is 0 Å². The summed E-state index contributed by atoms with van der Waals surface area (Å²) in [5, 5.41) is 6.60. The predicted molar refractivity (Wildman–Crippen MR) is 127 cm³/mol. The molecule has 2 saturated heterocycles. The number of likely N-dealkylation sites (tertiary alicyclic amines) is 1. The van der Waals surface area contributed by atoms with Gasteiger partial charge in [-0.05, 0) is 31.0 Å². The van der Waals surface area contributed by atoms with Crippen molar-refractivity contribution in [2.45, 2.75) is 37.5 Å². The Labute approximate surface area is 198 Å². The molecule has 0 spiro atoms. The number of nitrogens with zero attached hydrogens (tertiary/aromatic N) is 2. The molecule has 3 heterocycles. The molecule has 0 radical (unpaired) electrons. The number of fused-ring (bicyclic) bond motifs is 1. The molecule has 2 aliphatic heterocycles. The molecule has 2 fully saturated rings. The van der Waals surface area contributed by atoms with E-state index in [2.05, 4.69) is 20.6 Å². The number of aliphatic imine (C=N–C) groups is 1. The minimum absolute atomic E-state index is 0.00453. The topological polar surface area (TPSA) is 125 Å². The summed E-state index contributed by atoms with van der Waals surface area (Å²) in [6.07, 6.45) is 2.97. The molecular weight excluding hydrogens is 438 g/mol. The summed E-state index contributed by atoms with van der Waals surface area (Å²) >= 11 is 0. The third-order valence-corrected chi connectivity index (χ3v) is 6.59. The van der Waals surface area contributed by atoms with Crippen molar-refractivity contribution in [3.05, 3.63) is 30.0 Å². The van der Waals surface area contributed by atoms with Crippen molar-refractivity contribution in [2.24, 2.45) is 10.9 Å². The molecule has 34 heavy (non-hydrogen) atoms. The molecule has 2 aliphatic rings. The van der Waals surface area contributed by atoms with Crippen molar-refractivity contribution in [3.8, 4) is 5.75 Å². The number of carbonyl (C=O) groups is 3. The molecule has 2 aromatic rings. The number of carbonyl (C=O) groups excluding carboxylic acids is 3. The van der Waals surface area contributed by atoms with Gasteiger partial charge in [-0.15, -0.1) is 0 Å². The number of benzene rings is 1. The van der Waals surface area contributed by atoms with E-state index >= 15 is 0 Å². The zero-order valence-electron chi connectivity index (χ0n) is 19.7. The molecule has 1 aromatic heterocycles. The van der Waals surface area contributed by atoms with Crippen molar-refractivity contribution in [1.29, 1.82) is 0 Å². The Morgan fingerprint density at radius 1 is 1.35 bits per heavy atom. The molecule has 10 nitrogen and oxygen atoms in total. The predicted octanol–water partition coefficient (Wildman–Crippen LogP) is 1.12. The van der Waals surface area contributed by atoms with Crippen molar-refractivity contribution < 1.29 is 23.9 Å². The van der Waals surface area contributed by atoms with Crippen LogP contribution in [-0.4, -0.2) is 86.4 Å². The smallest absolute Gasteiger partial charge is 0.271 e. The van der Waals surface area contributed by atoms with Gasteiger partial charge in [0.1, 0.15) is 17.5 Å². The van der Waals surface area contributed by atoms with Crippen LogP contribution < -0.4 is 15.4 Å². The van der Waals surface area contributed by atoms with Crippen LogP contribution in [0.25, 0.3) is 10.9 Å². The number of rotatable bonds is 8. The van der Waals surface area contributed by atoms with E-state index < -0.39 is 12.1 Å². The number of aromatic nitrogens is 1. The summed E-state index contributed by atoms with van der Waals surface area (Å²) in [5.74, 6) is -0.0811. The molecule has 1 aromatic carbocycles. The van der Waals surface area contributed by atoms with Crippen LogP contribution in [0.4, 0.5) is 0 Å². The Morgan fingerprint density at radius 3 is 2.85 bits per heavy atom. The first kappa shape index (κ1) is 23.7. The van der Waals surface area contributed by atoms with Gasteiger partial charge >= 0.3 is 0 Å². The maximum atomic E-state index is 13.5. The minimum Gasteiger partial charge on any atom is -0.496 e.